The molecule has 8 heteroatoms. The number of nitrogens with zero attached hydrogens (tertiary/aromatic N) is 2. The molecule has 0 aliphatic carbocycles. The van der Waals surface area contributed by atoms with Gasteiger partial charge in [0.1, 0.15) is 18.1 Å². The highest BCUT2D eigenvalue weighted by Crippen LogP contribution is 2.33. The topological polar surface area (TPSA) is 79.3 Å². The van der Waals surface area contributed by atoms with Gasteiger partial charge in [-0.05, 0) is 49.8 Å². The maximum absolute atomic E-state index is 13.0. The molecule has 7 nitrogen and oxygen atoms in total. The molecule has 200 valence electrons. The molecule has 0 fully saturated rings. The summed E-state index contributed by atoms with van der Waals surface area (Å²) in [6.45, 7) is 14.7. The first-order valence-electron chi connectivity index (χ1n) is 12.6. The van der Waals surface area contributed by atoms with E-state index in [4.69, 9.17) is 4.74 Å². The van der Waals surface area contributed by atoms with Crippen LogP contribution in [0.25, 0.3) is 0 Å². The maximum Gasteiger partial charge on any atom is 0.258 e. The molecular weight excluding hydrogens is 463 g/mol. The predicted molar refractivity (Wildman–Crippen MR) is 140 cm³/mol. The van der Waals surface area contributed by atoms with Gasteiger partial charge in [0.25, 0.3) is 5.91 Å². The van der Waals surface area contributed by atoms with Gasteiger partial charge < -0.3 is 19.6 Å². The monoisotopic (exact) mass is 504 g/mol. The fourth-order valence-electron chi connectivity index (χ4n) is 3.33. The highest BCUT2D eigenvalue weighted by Gasteiger charge is 2.28. The molecule has 0 radical (unpaired) electrons. The quantitative estimate of drug-likeness (QED) is 0.411. The standard InChI is InChI=1S/C22H25FN2O5.C4H10.C2H6/c1-4-24(3)7-8-29-17-6-5-15-12-25(13-16(15)9-17)22(28)19-10-18(14(2)26)21(30-23)11-20(19)27;1-3-4-2;1-2/h5-6,9-11,27H,4,7-8,12-13H2,1-3H3;3-4H2,1-2H3;1-2H3. The summed E-state index contributed by atoms with van der Waals surface area (Å²) in [5.41, 5.74) is 1.76. The Balaban J connectivity index is 0.000000982. The zero-order valence-corrected chi connectivity index (χ0v) is 22.7. The maximum atomic E-state index is 13.0. The number of amides is 1. The summed E-state index contributed by atoms with van der Waals surface area (Å²) in [4.78, 5) is 32.0. The van der Waals surface area contributed by atoms with E-state index in [9.17, 15) is 19.2 Å². The van der Waals surface area contributed by atoms with E-state index >= 15 is 0 Å². The molecule has 0 bridgehead atoms. The number of hydrogen-bond acceptors (Lipinski definition) is 6. The minimum atomic E-state index is -0.475. The predicted octanol–water partition coefficient (Wildman–Crippen LogP) is 6.18. The van der Waals surface area contributed by atoms with Crippen LogP contribution in [0.3, 0.4) is 0 Å². The molecule has 0 saturated heterocycles. The Labute approximate surface area is 214 Å². The number of carbonyl (C=O) groups excluding carboxylic acids is 2. The summed E-state index contributed by atoms with van der Waals surface area (Å²) in [7, 11) is 2.02. The fraction of sp³-hybridized carbons (Fsp3) is 0.500. The molecule has 1 aliphatic rings. The van der Waals surface area contributed by atoms with E-state index < -0.39 is 23.2 Å². The van der Waals surface area contributed by atoms with Crippen LogP contribution in [-0.4, -0.2) is 53.3 Å². The molecule has 1 aliphatic heterocycles. The number of benzene rings is 2. The van der Waals surface area contributed by atoms with E-state index in [1.54, 1.807) is 4.90 Å². The summed E-state index contributed by atoms with van der Waals surface area (Å²) >= 11 is 0. The lowest BCUT2D eigenvalue weighted by Gasteiger charge is -2.17. The van der Waals surface area contributed by atoms with Crippen LogP contribution in [0.1, 0.15) is 86.2 Å². The number of rotatable bonds is 9. The van der Waals surface area contributed by atoms with Gasteiger partial charge in [-0.15, -0.1) is 0 Å². The fourth-order valence-corrected chi connectivity index (χ4v) is 3.33. The number of unbranched alkanes of at least 4 members (excludes halogenated alkanes) is 1. The van der Waals surface area contributed by atoms with Crippen LogP contribution < -0.4 is 9.68 Å². The van der Waals surface area contributed by atoms with Crippen molar-refractivity contribution >= 4 is 11.7 Å². The minimum Gasteiger partial charge on any atom is -0.507 e. The molecule has 0 spiro atoms. The Morgan fingerprint density at radius 2 is 1.67 bits per heavy atom. The molecule has 3 rings (SSSR count). The minimum absolute atomic E-state index is 0.0760. The van der Waals surface area contributed by atoms with Gasteiger partial charge in [-0.1, -0.05) is 53.5 Å². The number of phenolic OH excluding ortho intramolecular Hbond substituents is 1. The molecule has 0 aromatic heterocycles. The van der Waals surface area contributed by atoms with Crippen molar-refractivity contribution in [1.82, 2.24) is 9.80 Å². The number of fused-ring (bicyclic) bond motifs is 1. The third-order valence-electron chi connectivity index (χ3n) is 5.76. The van der Waals surface area contributed by atoms with E-state index in [2.05, 4.69) is 30.6 Å². The number of phenols is 1. The third kappa shape index (κ3) is 8.52. The molecule has 0 unspecified atom stereocenters. The van der Waals surface area contributed by atoms with Crippen molar-refractivity contribution in [2.45, 2.75) is 67.5 Å². The number of carbonyl (C=O) groups is 2. The largest absolute Gasteiger partial charge is 0.507 e. The Morgan fingerprint density at radius 1 is 1.03 bits per heavy atom. The zero-order chi connectivity index (χ0) is 27.3. The van der Waals surface area contributed by atoms with Gasteiger partial charge in [0, 0.05) is 30.2 Å². The van der Waals surface area contributed by atoms with Crippen LogP contribution in [0.4, 0.5) is 4.53 Å². The van der Waals surface area contributed by atoms with Gasteiger partial charge in [-0.25, -0.2) is 0 Å². The van der Waals surface area contributed by atoms with Crippen molar-refractivity contribution in [3.63, 3.8) is 0 Å². The summed E-state index contributed by atoms with van der Waals surface area (Å²) in [6, 6.07) is 7.80. The van der Waals surface area contributed by atoms with Crippen LogP contribution in [0, 0.1) is 0 Å². The normalized spacial score (nSPS) is 11.6. The molecule has 36 heavy (non-hydrogen) atoms. The molecule has 1 heterocycles. The van der Waals surface area contributed by atoms with Gasteiger partial charge >= 0.3 is 0 Å². The second-order valence-corrected chi connectivity index (χ2v) is 8.33. The lowest BCUT2D eigenvalue weighted by Crippen LogP contribution is -2.25. The number of ketones is 1. The molecule has 2 aromatic rings. The Kier molecular flexibility index (Phi) is 13.5. The zero-order valence-electron chi connectivity index (χ0n) is 22.7. The average molecular weight is 505 g/mol. The number of aromatic hydroxyl groups is 1. The van der Waals surface area contributed by atoms with Gasteiger partial charge in [-0.3, -0.25) is 14.5 Å². The van der Waals surface area contributed by atoms with Gasteiger partial charge in [0.05, 0.1) is 11.1 Å². The van der Waals surface area contributed by atoms with E-state index in [-0.39, 0.29) is 11.1 Å². The van der Waals surface area contributed by atoms with Crippen molar-refractivity contribution < 1.29 is 28.9 Å². The second kappa shape index (κ2) is 15.8. The molecule has 0 atom stereocenters. The van der Waals surface area contributed by atoms with E-state index in [0.717, 1.165) is 42.1 Å². The highest BCUT2D eigenvalue weighted by atomic mass is 19.3. The van der Waals surface area contributed by atoms with Gasteiger partial charge in [0.15, 0.2) is 11.5 Å². The number of ether oxygens (including phenoxy) is 1. The van der Waals surface area contributed by atoms with Crippen LogP contribution in [0.5, 0.6) is 17.2 Å². The SMILES string of the molecule is CC.CCCC.CCN(C)CCOc1ccc2c(c1)CN(C(=O)c1cc(C(C)=O)c(OF)cc1O)C2. The van der Waals surface area contributed by atoms with Crippen molar-refractivity contribution in [3.05, 3.63) is 52.6 Å². The molecule has 2 aromatic carbocycles. The summed E-state index contributed by atoms with van der Waals surface area (Å²) < 4.78 is 18.5. The smallest absolute Gasteiger partial charge is 0.258 e. The first kappa shape index (κ1) is 30.9. The Hall–Kier alpha value is -3.13. The third-order valence-corrected chi connectivity index (χ3v) is 5.76. The second-order valence-electron chi connectivity index (χ2n) is 8.33. The van der Waals surface area contributed by atoms with E-state index in [1.165, 1.54) is 19.8 Å². The van der Waals surface area contributed by atoms with E-state index in [1.807, 2.05) is 39.1 Å². The molecule has 1 amide bonds. The first-order valence-corrected chi connectivity index (χ1v) is 12.6. The Bertz CT molecular complexity index is 994. The van der Waals surface area contributed by atoms with Gasteiger partial charge in [-0.2, -0.15) is 0 Å². The van der Waals surface area contributed by atoms with Crippen LogP contribution in [-0.2, 0) is 13.1 Å². The van der Waals surface area contributed by atoms with Crippen LogP contribution >= 0.6 is 0 Å². The summed E-state index contributed by atoms with van der Waals surface area (Å²) in [6.07, 6.45) is 2.64. The lowest BCUT2D eigenvalue weighted by atomic mass is 10.0. The van der Waals surface area contributed by atoms with Crippen molar-refractivity contribution in [1.29, 1.82) is 0 Å². The Morgan fingerprint density at radius 3 is 2.22 bits per heavy atom. The molecule has 1 N–H and O–H groups in total. The van der Waals surface area contributed by atoms with Crippen LogP contribution in [0.2, 0.25) is 0 Å². The lowest BCUT2D eigenvalue weighted by molar-refractivity contribution is -0.00728. The summed E-state index contributed by atoms with van der Waals surface area (Å²) in [5.74, 6) is -1.06. The number of hydrogen-bond donors (Lipinski definition) is 1. The highest BCUT2D eigenvalue weighted by molar-refractivity contribution is 6.03. The number of halogens is 1. The van der Waals surface area contributed by atoms with Crippen LogP contribution in [0.15, 0.2) is 30.3 Å². The van der Waals surface area contributed by atoms with Crippen molar-refractivity contribution in [2.75, 3.05) is 26.7 Å². The first-order chi connectivity index (χ1) is 17.2. The van der Waals surface area contributed by atoms with Crippen molar-refractivity contribution in [2.24, 2.45) is 0 Å². The molecule has 0 saturated carbocycles. The summed E-state index contributed by atoms with van der Waals surface area (Å²) in [5, 5.41) is 10.2. The van der Waals surface area contributed by atoms with Crippen molar-refractivity contribution in [3.8, 4) is 17.2 Å². The molecular formula is C28H41FN2O5. The van der Waals surface area contributed by atoms with E-state index in [0.29, 0.717) is 19.7 Å². The van der Waals surface area contributed by atoms with Gasteiger partial charge in [0.2, 0.25) is 0 Å². The number of Topliss-reactive ketones (excluding diaryl/α,β-unsaturated/α-hetero) is 1. The number of likely N-dealkylation sites (N-methyl/N-ethyl adjacent to an activating group) is 1. The average Bonchev–Trinajstić information content (AvgIpc) is 3.32.